The number of aryl methyl sites for hydroxylation is 1. The lowest BCUT2D eigenvalue weighted by Crippen LogP contribution is -2.22. The number of benzene rings is 2. The van der Waals surface area contributed by atoms with Gasteiger partial charge in [-0.2, -0.15) is 5.26 Å². The Kier molecular flexibility index (Phi) is 6.18. The number of rotatable bonds is 7. The van der Waals surface area contributed by atoms with E-state index in [0.29, 0.717) is 17.7 Å². The molecule has 0 heterocycles. The van der Waals surface area contributed by atoms with E-state index in [-0.39, 0.29) is 23.7 Å². The summed E-state index contributed by atoms with van der Waals surface area (Å²) >= 11 is 0. The maximum Gasteiger partial charge on any atom is 0.228 e. The van der Waals surface area contributed by atoms with Crippen LogP contribution in [0.5, 0.6) is 0 Å². The van der Waals surface area contributed by atoms with Crippen LogP contribution in [-0.2, 0) is 9.59 Å². The van der Waals surface area contributed by atoms with Crippen LogP contribution in [0.1, 0.15) is 31.4 Å². The minimum atomic E-state index is -0.337. The fourth-order valence-corrected chi connectivity index (χ4v) is 3.47. The molecule has 2 amide bonds. The molecule has 0 aromatic heterocycles. The van der Waals surface area contributed by atoms with E-state index in [2.05, 4.69) is 35.4 Å². The molecular formula is C23H26N4O2. The van der Waals surface area contributed by atoms with E-state index in [1.165, 1.54) is 0 Å². The zero-order valence-corrected chi connectivity index (χ0v) is 17.0. The van der Waals surface area contributed by atoms with E-state index in [9.17, 15) is 9.59 Å². The maximum absolute atomic E-state index is 12.6. The summed E-state index contributed by atoms with van der Waals surface area (Å²) in [6.45, 7) is 8.06. The molecule has 150 valence electrons. The molecule has 0 bridgehead atoms. The molecule has 0 radical (unpaired) electrons. The van der Waals surface area contributed by atoms with Crippen molar-refractivity contribution < 1.29 is 9.59 Å². The number of carbonyl (C=O) groups excluding carboxylic acids is 2. The minimum Gasteiger partial charge on any atom is -0.372 e. The largest absolute Gasteiger partial charge is 0.372 e. The fourth-order valence-electron chi connectivity index (χ4n) is 3.47. The number of nitriles is 1. The Morgan fingerprint density at radius 1 is 1.07 bits per heavy atom. The maximum atomic E-state index is 12.6. The molecule has 2 N–H and O–H groups in total. The van der Waals surface area contributed by atoms with Gasteiger partial charge in [-0.25, -0.2) is 0 Å². The Hall–Kier alpha value is -3.33. The van der Waals surface area contributed by atoms with E-state index in [1.807, 2.05) is 25.1 Å². The molecule has 3 rings (SSSR count). The van der Waals surface area contributed by atoms with Gasteiger partial charge in [0.1, 0.15) is 0 Å². The Labute approximate surface area is 171 Å². The summed E-state index contributed by atoms with van der Waals surface area (Å²) in [4.78, 5) is 27.2. The summed E-state index contributed by atoms with van der Waals surface area (Å²) in [7, 11) is 0. The molecular weight excluding hydrogens is 364 g/mol. The van der Waals surface area contributed by atoms with Gasteiger partial charge in [-0.1, -0.05) is 6.07 Å². The van der Waals surface area contributed by atoms with Crippen LogP contribution in [-0.4, -0.2) is 24.9 Å². The van der Waals surface area contributed by atoms with Crippen molar-refractivity contribution in [2.24, 2.45) is 11.8 Å². The first kappa shape index (κ1) is 20.4. The number of anilines is 3. The molecule has 29 heavy (non-hydrogen) atoms. The van der Waals surface area contributed by atoms with E-state index in [1.54, 1.807) is 24.3 Å². The second-order valence-electron chi connectivity index (χ2n) is 7.29. The lowest BCUT2D eigenvalue weighted by molar-refractivity contribution is -0.122. The molecule has 2 aromatic rings. The summed E-state index contributed by atoms with van der Waals surface area (Å²) in [6.07, 6.45) is 0.534. The van der Waals surface area contributed by atoms with E-state index in [4.69, 9.17) is 5.26 Å². The molecule has 1 aliphatic rings. The molecule has 6 nitrogen and oxygen atoms in total. The van der Waals surface area contributed by atoms with Gasteiger partial charge in [0.2, 0.25) is 11.8 Å². The number of hydrogen-bond acceptors (Lipinski definition) is 4. The minimum absolute atomic E-state index is 0.130. The lowest BCUT2D eigenvalue weighted by atomic mass is 10.1. The van der Waals surface area contributed by atoms with Crippen molar-refractivity contribution >= 4 is 28.9 Å². The summed E-state index contributed by atoms with van der Waals surface area (Å²) in [5, 5.41) is 14.7. The Bertz CT molecular complexity index is 960. The molecule has 0 spiro atoms. The van der Waals surface area contributed by atoms with Crippen LogP contribution in [0, 0.1) is 30.1 Å². The van der Waals surface area contributed by atoms with Crippen LogP contribution >= 0.6 is 0 Å². The zero-order valence-electron chi connectivity index (χ0n) is 17.0. The first-order chi connectivity index (χ1) is 14.0. The van der Waals surface area contributed by atoms with E-state index >= 15 is 0 Å². The quantitative estimate of drug-likeness (QED) is 0.750. The summed E-state index contributed by atoms with van der Waals surface area (Å²) in [5.74, 6) is -0.976. The van der Waals surface area contributed by atoms with Gasteiger partial charge < -0.3 is 15.5 Å². The molecule has 0 saturated heterocycles. The van der Waals surface area contributed by atoms with Crippen LogP contribution in [0.2, 0.25) is 0 Å². The second kappa shape index (κ2) is 8.78. The van der Waals surface area contributed by atoms with Crippen LogP contribution in [0.25, 0.3) is 0 Å². The fraction of sp³-hybridized carbons (Fsp3) is 0.348. The van der Waals surface area contributed by atoms with Crippen LogP contribution < -0.4 is 15.5 Å². The Balaban J connectivity index is 1.58. The Morgan fingerprint density at radius 3 is 2.38 bits per heavy atom. The average molecular weight is 390 g/mol. The first-order valence-electron chi connectivity index (χ1n) is 9.94. The van der Waals surface area contributed by atoms with Gasteiger partial charge in [0.15, 0.2) is 0 Å². The number of amides is 2. The highest BCUT2D eigenvalue weighted by Crippen LogP contribution is 2.40. The van der Waals surface area contributed by atoms with E-state index in [0.717, 1.165) is 30.0 Å². The molecule has 1 saturated carbocycles. The Morgan fingerprint density at radius 2 is 1.76 bits per heavy atom. The molecule has 2 atom stereocenters. The third-order valence-electron chi connectivity index (χ3n) is 5.32. The third kappa shape index (κ3) is 4.75. The van der Waals surface area contributed by atoms with E-state index < -0.39 is 0 Å². The second-order valence-corrected chi connectivity index (χ2v) is 7.29. The highest BCUT2D eigenvalue weighted by Gasteiger charge is 2.48. The van der Waals surface area contributed by atoms with Gasteiger partial charge in [-0.15, -0.1) is 0 Å². The van der Waals surface area contributed by atoms with Gasteiger partial charge in [-0.05, 0) is 69.2 Å². The van der Waals surface area contributed by atoms with Crippen molar-refractivity contribution in [3.8, 4) is 6.07 Å². The summed E-state index contributed by atoms with van der Waals surface area (Å²) in [5.41, 5.74) is 3.96. The van der Waals surface area contributed by atoms with Crippen molar-refractivity contribution in [1.82, 2.24) is 0 Å². The smallest absolute Gasteiger partial charge is 0.228 e. The van der Waals surface area contributed by atoms with Crippen molar-refractivity contribution in [3.63, 3.8) is 0 Å². The van der Waals surface area contributed by atoms with Crippen LogP contribution in [0.15, 0.2) is 42.5 Å². The lowest BCUT2D eigenvalue weighted by Gasteiger charge is -2.22. The van der Waals surface area contributed by atoms with Crippen molar-refractivity contribution in [2.45, 2.75) is 27.2 Å². The van der Waals surface area contributed by atoms with Crippen molar-refractivity contribution in [3.05, 3.63) is 53.6 Å². The highest BCUT2D eigenvalue weighted by molar-refractivity contribution is 6.03. The number of nitrogens with one attached hydrogen (secondary N) is 2. The van der Waals surface area contributed by atoms with Gasteiger partial charge in [0, 0.05) is 30.2 Å². The number of carbonyl (C=O) groups is 2. The van der Waals surface area contributed by atoms with Gasteiger partial charge in [-0.3, -0.25) is 9.59 Å². The predicted octanol–water partition coefficient (Wildman–Crippen LogP) is 3.93. The SMILES string of the molecule is CCN(CC)c1ccc(NC(=O)C2CC2C(=O)Nc2cccc(C#N)c2)c(C)c1. The molecule has 2 aromatic carbocycles. The molecule has 1 fully saturated rings. The van der Waals surface area contributed by atoms with Crippen LogP contribution in [0.3, 0.4) is 0 Å². The first-order valence-corrected chi connectivity index (χ1v) is 9.94. The molecule has 1 aliphatic carbocycles. The van der Waals surface area contributed by atoms with Gasteiger partial charge in [0.25, 0.3) is 0 Å². The number of nitrogens with zero attached hydrogens (tertiary/aromatic N) is 2. The summed E-state index contributed by atoms with van der Waals surface area (Å²) < 4.78 is 0. The topological polar surface area (TPSA) is 85.2 Å². The molecule has 2 unspecified atom stereocenters. The zero-order chi connectivity index (χ0) is 21.0. The monoisotopic (exact) mass is 390 g/mol. The van der Waals surface area contributed by atoms with Gasteiger partial charge in [0.05, 0.1) is 23.5 Å². The predicted molar refractivity (Wildman–Crippen MR) is 115 cm³/mol. The molecule has 6 heteroatoms. The molecule has 0 aliphatic heterocycles. The van der Waals surface area contributed by atoms with Crippen molar-refractivity contribution in [2.75, 3.05) is 28.6 Å². The standard InChI is InChI=1S/C23H26N4O2/c1-4-27(5-2)18-9-10-21(15(3)11-18)26-23(29)20-13-19(20)22(28)25-17-8-6-7-16(12-17)14-24/h6-12,19-20H,4-5,13H2,1-3H3,(H,25,28)(H,26,29). The van der Waals surface area contributed by atoms with Crippen molar-refractivity contribution in [1.29, 1.82) is 5.26 Å². The van der Waals surface area contributed by atoms with Gasteiger partial charge >= 0.3 is 0 Å². The normalized spacial score (nSPS) is 17.2. The summed E-state index contributed by atoms with van der Waals surface area (Å²) in [6, 6.07) is 14.8. The third-order valence-corrected chi connectivity index (χ3v) is 5.32. The number of hydrogen-bond donors (Lipinski definition) is 2. The average Bonchev–Trinajstić information content (AvgIpc) is 3.52. The highest BCUT2D eigenvalue weighted by atomic mass is 16.2. The van der Waals surface area contributed by atoms with Crippen LogP contribution in [0.4, 0.5) is 17.1 Å².